The van der Waals surface area contributed by atoms with Crippen LogP contribution in [0.4, 0.5) is 0 Å². The first-order chi connectivity index (χ1) is 4.31. The van der Waals surface area contributed by atoms with Gasteiger partial charge in [-0.3, -0.25) is 0 Å². The van der Waals surface area contributed by atoms with Crippen molar-refractivity contribution >= 4 is 18.1 Å². The summed E-state index contributed by atoms with van der Waals surface area (Å²) in [7, 11) is 6.13. The van der Waals surface area contributed by atoms with Gasteiger partial charge in [0, 0.05) is 0 Å². The van der Waals surface area contributed by atoms with Crippen molar-refractivity contribution in [2.45, 2.75) is 41.0 Å². The molecule has 3 heteroatoms. The average Bonchev–Trinajstić information content (AvgIpc) is 1.89. The van der Waals surface area contributed by atoms with Crippen LogP contribution in [0.3, 0.4) is 0 Å². The molecule has 1 atom stereocenters. The van der Waals surface area contributed by atoms with Crippen LogP contribution >= 0.6 is 18.1 Å². The molecule has 0 aromatic heterocycles. The van der Waals surface area contributed by atoms with Crippen LogP contribution in [0, 0.1) is 0 Å². The SMILES string of the molecule is CCCC[CH2][Hg]([Cl])[CH2]C.P. The molecular weight excluding hydrogens is 351 g/mol. The quantitative estimate of drug-likeness (QED) is 0.392. The summed E-state index contributed by atoms with van der Waals surface area (Å²) in [6.45, 7) is 4.49. The summed E-state index contributed by atoms with van der Waals surface area (Å²) in [6, 6.07) is 0. The smallest absolute Gasteiger partial charge is 0.153 e. The second-order valence-electron chi connectivity index (χ2n) is 2.79. The van der Waals surface area contributed by atoms with E-state index in [0.717, 1.165) is 0 Å². The molecular formula is C7H19ClHgP. The van der Waals surface area contributed by atoms with Gasteiger partial charge in [-0.2, -0.15) is 9.90 Å². The zero-order valence-corrected chi connectivity index (χ0v) is 15.0. The Kier molecular flexibility index (Phi) is 15.1. The Labute approximate surface area is 80.4 Å². The van der Waals surface area contributed by atoms with Gasteiger partial charge in [-0.15, -0.1) is 0 Å². The van der Waals surface area contributed by atoms with Crippen LogP contribution in [0.25, 0.3) is 0 Å². The van der Waals surface area contributed by atoms with Crippen LogP contribution in [0.15, 0.2) is 0 Å². The maximum atomic E-state index is 6.13. The molecule has 0 saturated carbocycles. The minimum Gasteiger partial charge on any atom is -0.153 e. The van der Waals surface area contributed by atoms with Gasteiger partial charge < -0.3 is 0 Å². The third-order valence-electron chi connectivity index (χ3n) is 1.78. The summed E-state index contributed by atoms with van der Waals surface area (Å²) in [4.78, 5) is 0. The van der Waals surface area contributed by atoms with Gasteiger partial charge in [0.05, 0.1) is 0 Å². The van der Waals surface area contributed by atoms with Crippen LogP contribution in [0.1, 0.15) is 33.1 Å². The zero-order chi connectivity index (χ0) is 7.11. The van der Waals surface area contributed by atoms with Crippen molar-refractivity contribution in [1.29, 1.82) is 0 Å². The molecule has 61 valence electrons. The molecule has 0 aliphatic carbocycles. The summed E-state index contributed by atoms with van der Waals surface area (Å²) < 4.78 is 2.78. The largest absolute Gasteiger partial charge is 0.153 e. The first-order valence-corrected chi connectivity index (χ1v) is 18.7. The minimum atomic E-state index is -1.52. The van der Waals surface area contributed by atoms with E-state index in [1.54, 1.807) is 0 Å². The third-order valence-corrected chi connectivity index (χ3v) is 16.6. The number of halogens is 1. The van der Waals surface area contributed by atoms with Crippen LogP contribution in [-0.2, 0) is 21.8 Å². The van der Waals surface area contributed by atoms with Crippen LogP contribution in [0.2, 0.25) is 7.86 Å². The standard InChI is InChI=1S/C5H11.C2H5.ClH.Hg.H3P/c1-3-5-4-2;1-2;;;/h1,3-5H2,2H3;1H2,2H3;1H;;1H3/q;;;+1;/p-1. The molecule has 0 radical (unpaired) electrons. The fraction of sp³-hybridized carbons (Fsp3) is 1.00. The Balaban J connectivity index is 0. The van der Waals surface area contributed by atoms with Crippen LogP contribution < -0.4 is 0 Å². The van der Waals surface area contributed by atoms with Gasteiger partial charge >= 0.3 is 71.0 Å². The maximum absolute atomic E-state index is 6.13. The van der Waals surface area contributed by atoms with Gasteiger partial charge in [0.15, 0.2) is 0 Å². The second kappa shape index (κ2) is 10.7. The molecule has 0 saturated heterocycles. The maximum Gasteiger partial charge on any atom is -0.153 e. The average molecular weight is 370 g/mol. The fourth-order valence-electron chi connectivity index (χ4n) is 0.948. The molecule has 0 amide bonds. The summed E-state index contributed by atoms with van der Waals surface area (Å²) in [6.07, 6.45) is 4.14. The van der Waals surface area contributed by atoms with E-state index in [9.17, 15) is 0 Å². The molecule has 0 fully saturated rings. The Morgan fingerprint density at radius 2 is 1.80 bits per heavy atom. The predicted molar refractivity (Wildman–Crippen MR) is 51.8 cm³/mol. The first-order valence-electron chi connectivity index (χ1n) is 4.18. The van der Waals surface area contributed by atoms with Gasteiger partial charge in [0.25, 0.3) is 0 Å². The zero-order valence-electron chi connectivity index (χ0n) is 7.33. The van der Waals surface area contributed by atoms with Crippen molar-refractivity contribution in [1.82, 2.24) is 0 Å². The van der Waals surface area contributed by atoms with Gasteiger partial charge in [-0.25, -0.2) is 0 Å². The molecule has 0 spiro atoms. The van der Waals surface area contributed by atoms with Crippen molar-refractivity contribution in [2.24, 2.45) is 0 Å². The molecule has 0 N–H and O–H groups in total. The molecule has 0 nitrogen and oxygen atoms in total. The van der Waals surface area contributed by atoms with E-state index in [-0.39, 0.29) is 9.90 Å². The minimum absolute atomic E-state index is 0. The topological polar surface area (TPSA) is 0 Å². The molecule has 0 aromatic carbocycles. The number of hydrogen-bond acceptors (Lipinski definition) is 0. The Morgan fingerprint density at radius 3 is 2.20 bits per heavy atom. The number of rotatable bonds is 5. The van der Waals surface area contributed by atoms with Crippen molar-refractivity contribution in [3.63, 3.8) is 0 Å². The Hall–Kier alpha value is 1.66. The Morgan fingerprint density at radius 1 is 1.20 bits per heavy atom. The van der Waals surface area contributed by atoms with E-state index in [0.29, 0.717) is 0 Å². The summed E-state index contributed by atoms with van der Waals surface area (Å²) >= 11 is -1.52. The number of unbranched alkanes of at least 4 members (excludes halogenated alkanes) is 2. The molecule has 0 rings (SSSR count). The molecule has 0 aromatic rings. The second-order valence-corrected chi connectivity index (χ2v) is 21.7. The van der Waals surface area contributed by atoms with E-state index >= 15 is 0 Å². The molecule has 0 aliphatic rings. The predicted octanol–water partition coefficient (Wildman–Crippen LogP) is 3.86. The van der Waals surface area contributed by atoms with E-state index in [1.165, 1.54) is 27.1 Å². The molecule has 0 aliphatic heterocycles. The van der Waals surface area contributed by atoms with Crippen molar-refractivity contribution in [3.8, 4) is 0 Å². The van der Waals surface area contributed by atoms with E-state index in [1.807, 2.05) is 0 Å². The molecule has 0 heterocycles. The van der Waals surface area contributed by atoms with E-state index < -0.39 is 21.8 Å². The summed E-state index contributed by atoms with van der Waals surface area (Å²) in [5.41, 5.74) is 0. The fourth-order valence-corrected chi connectivity index (χ4v) is 8.03. The van der Waals surface area contributed by atoms with Gasteiger partial charge in [0.1, 0.15) is 0 Å². The number of hydrogen-bond donors (Lipinski definition) is 0. The third kappa shape index (κ3) is 9.66. The summed E-state index contributed by atoms with van der Waals surface area (Å²) in [5, 5.41) is 0. The van der Waals surface area contributed by atoms with Gasteiger partial charge in [-0.1, -0.05) is 0 Å². The normalized spacial score (nSPS) is 8.70. The van der Waals surface area contributed by atoms with Crippen LogP contribution in [-0.4, -0.2) is 0 Å². The molecule has 10 heavy (non-hydrogen) atoms. The van der Waals surface area contributed by atoms with E-state index in [2.05, 4.69) is 13.8 Å². The first kappa shape index (κ1) is 14.2. The van der Waals surface area contributed by atoms with Crippen molar-refractivity contribution in [3.05, 3.63) is 0 Å². The monoisotopic (exact) mass is 371 g/mol. The van der Waals surface area contributed by atoms with Crippen molar-refractivity contribution < 1.29 is 21.8 Å². The van der Waals surface area contributed by atoms with E-state index in [4.69, 9.17) is 8.25 Å². The van der Waals surface area contributed by atoms with Crippen LogP contribution in [0.5, 0.6) is 0 Å². The van der Waals surface area contributed by atoms with Gasteiger partial charge in [-0.05, 0) is 0 Å². The summed E-state index contributed by atoms with van der Waals surface area (Å²) in [5.74, 6) is 0. The Bertz CT molecular complexity index is 61.6. The van der Waals surface area contributed by atoms with Gasteiger partial charge in [0.2, 0.25) is 0 Å². The molecule has 0 bridgehead atoms. The molecule has 1 unspecified atom stereocenters. The van der Waals surface area contributed by atoms with Crippen molar-refractivity contribution in [2.75, 3.05) is 0 Å².